The van der Waals surface area contributed by atoms with Crippen molar-refractivity contribution in [3.05, 3.63) is 57.5 Å². The zero-order chi connectivity index (χ0) is 13.8. The van der Waals surface area contributed by atoms with Gasteiger partial charge in [-0.2, -0.15) is 5.10 Å². The van der Waals surface area contributed by atoms with Crippen molar-refractivity contribution < 1.29 is 0 Å². The summed E-state index contributed by atoms with van der Waals surface area (Å²) in [6.45, 7) is 4.44. The number of hydrogen-bond acceptors (Lipinski definition) is 3. The first-order valence-electron chi connectivity index (χ1n) is 6.13. The van der Waals surface area contributed by atoms with Gasteiger partial charge in [0, 0.05) is 17.1 Å². The van der Waals surface area contributed by atoms with Crippen LogP contribution in [-0.2, 0) is 6.54 Å². The molecule has 0 unspecified atom stereocenters. The second-order valence-corrected chi connectivity index (χ2v) is 5.11. The smallest absolute Gasteiger partial charge is 0.269 e. The van der Waals surface area contributed by atoms with E-state index in [1.165, 1.54) is 4.68 Å². The van der Waals surface area contributed by atoms with Gasteiger partial charge in [-0.15, -0.1) is 0 Å². The lowest BCUT2D eigenvalue weighted by Crippen LogP contribution is -2.24. The summed E-state index contributed by atoms with van der Waals surface area (Å²) in [5, 5.41) is 7.96. The topological polar surface area (TPSA) is 46.9 Å². The van der Waals surface area contributed by atoms with E-state index >= 15 is 0 Å². The summed E-state index contributed by atoms with van der Waals surface area (Å²) in [4.78, 5) is 11.9. The summed E-state index contributed by atoms with van der Waals surface area (Å²) >= 11 is 5.92. The highest BCUT2D eigenvalue weighted by Crippen LogP contribution is 2.11. The molecule has 0 aliphatic rings. The predicted octanol–water partition coefficient (Wildman–Crippen LogP) is 2.77. The number of rotatable bonds is 4. The molecule has 4 nitrogen and oxygen atoms in total. The predicted molar refractivity (Wildman–Crippen MR) is 77.8 cm³/mol. The Kier molecular flexibility index (Phi) is 4.22. The number of benzene rings is 1. The van der Waals surface area contributed by atoms with Crippen LogP contribution in [0.5, 0.6) is 0 Å². The molecule has 0 amide bonds. The molecular weight excluding hydrogens is 262 g/mol. The van der Waals surface area contributed by atoms with E-state index in [9.17, 15) is 4.79 Å². The molecule has 2 aromatic rings. The molecule has 19 heavy (non-hydrogen) atoms. The highest BCUT2D eigenvalue weighted by Gasteiger charge is 2.03. The summed E-state index contributed by atoms with van der Waals surface area (Å²) < 4.78 is 1.41. The average Bonchev–Trinajstić information content (AvgIpc) is 2.32. The molecule has 1 aromatic heterocycles. The maximum Gasteiger partial charge on any atom is 0.269 e. The summed E-state index contributed by atoms with van der Waals surface area (Å²) in [5.41, 5.74) is 1.56. The Morgan fingerprint density at radius 3 is 2.79 bits per heavy atom. The van der Waals surface area contributed by atoms with Gasteiger partial charge in [-0.3, -0.25) is 4.79 Å². The zero-order valence-corrected chi connectivity index (χ0v) is 11.7. The number of hydrogen-bond donors (Lipinski definition) is 1. The molecule has 0 saturated carbocycles. The minimum absolute atomic E-state index is 0.134. The van der Waals surface area contributed by atoms with E-state index in [4.69, 9.17) is 11.6 Å². The first-order chi connectivity index (χ1) is 9.04. The molecule has 1 aromatic carbocycles. The van der Waals surface area contributed by atoms with Crippen LogP contribution < -0.4 is 10.9 Å². The van der Waals surface area contributed by atoms with Crippen molar-refractivity contribution in [3.63, 3.8) is 0 Å². The minimum atomic E-state index is -0.134. The maximum atomic E-state index is 11.9. The third-order valence-electron chi connectivity index (χ3n) is 2.55. The minimum Gasteiger partial charge on any atom is -0.381 e. The molecule has 0 spiro atoms. The number of anilines is 1. The fourth-order valence-corrected chi connectivity index (χ4v) is 1.99. The van der Waals surface area contributed by atoms with Crippen molar-refractivity contribution >= 4 is 17.3 Å². The summed E-state index contributed by atoms with van der Waals surface area (Å²) in [5.74, 6) is 0. The van der Waals surface area contributed by atoms with Gasteiger partial charge in [-0.1, -0.05) is 23.7 Å². The first kappa shape index (κ1) is 13.6. The molecule has 100 valence electrons. The third kappa shape index (κ3) is 3.83. The second kappa shape index (κ2) is 5.89. The fraction of sp³-hybridized carbons (Fsp3) is 0.286. The molecular formula is C14H16ClN3O. The lowest BCUT2D eigenvalue weighted by Gasteiger charge is -2.10. The third-order valence-corrected chi connectivity index (χ3v) is 2.78. The highest BCUT2D eigenvalue weighted by molar-refractivity contribution is 6.30. The summed E-state index contributed by atoms with van der Waals surface area (Å²) in [7, 11) is 0. The molecule has 0 saturated heterocycles. The van der Waals surface area contributed by atoms with Crippen LogP contribution in [0.4, 0.5) is 5.69 Å². The number of nitrogens with zero attached hydrogens (tertiary/aromatic N) is 2. The van der Waals surface area contributed by atoms with Crippen LogP contribution in [-0.4, -0.2) is 15.8 Å². The van der Waals surface area contributed by atoms with Gasteiger partial charge in [0.15, 0.2) is 0 Å². The van der Waals surface area contributed by atoms with Crippen LogP contribution in [0.1, 0.15) is 19.4 Å². The van der Waals surface area contributed by atoms with E-state index in [2.05, 4.69) is 10.4 Å². The lowest BCUT2D eigenvalue weighted by atomic mass is 10.2. The van der Waals surface area contributed by atoms with E-state index in [-0.39, 0.29) is 11.6 Å². The first-order valence-corrected chi connectivity index (χ1v) is 6.50. The molecule has 5 heteroatoms. The molecule has 1 N–H and O–H groups in total. The Balaban J connectivity index is 2.20. The maximum absolute atomic E-state index is 11.9. The standard InChI is InChI=1S/C14H16ClN3O/c1-10(2)17-13-7-14(19)18(16-8-13)9-11-4-3-5-12(15)6-11/h3-8,10,17H,9H2,1-2H3. The van der Waals surface area contributed by atoms with E-state index in [0.717, 1.165) is 11.3 Å². The van der Waals surface area contributed by atoms with Gasteiger partial charge < -0.3 is 5.32 Å². The van der Waals surface area contributed by atoms with Crippen LogP contribution >= 0.6 is 11.6 Å². The number of nitrogens with one attached hydrogen (secondary N) is 1. The molecule has 0 fully saturated rings. The average molecular weight is 278 g/mol. The van der Waals surface area contributed by atoms with E-state index < -0.39 is 0 Å². The second-order valence-electron chi connectivity index (χ2n) is 4.67. The normalized spacial score (nSPS) is 10.7. The van der Waals surface area contributed by atoms with Crippen molar-refractivity contribution in [1.82, 2.24) is 9.78 Å². The van der Waals surface area contributed by atoms with Gasteiger partial charge in [-0.05, 0) is 31.5 Å². The van der Waals surface area contributed by atoms with Gasteiger partial charge in [0.1, 0.15) is 0 Å². The van der Waals surface area contributed by atoms with E-state index in [1.807, 2.05) is 32.0 Å². The van der Waals surface area contributed by atoms with Crippen LogP contribution in [0.15, 0.2) is 41.3 Å². The van der Waals surface area contributed by atoms with Crippen LogP contribution in [0, 0.1) is 0 Å². The van der Waals surface area contributed by atoms with Gasteiger partial charge >= 0.3 is 0 Å². The van der Waals surface area contributed by atoms with Gasteiger partial charge in [0.05, 0.1) is 18.4 Å². The molecule has 0 radical (unpaired) electrons. The molecule has 0 bridgehead atoms. The molecule has 1 heterocycles. The monoisotopic (exact) mass is 277 g/mol. The van der Waals surface area contributed by atoms with Crippen molar-refractivity contribution in [3.8, 4) is 0 Å². The Bertz CT molecular complexity index is 622. The quantitative estimate of drug-likeness (QED) is 0.935. The highest BCUT2D eigenvalue weighted by atomic mass is 35.5. The van der Waals surface area contributed by atoms with Gasteiger partial charge in [0.25, 0.3) is 5.56 Å². The Hall–Kier alpha value is -1.81. The Labute approximate surface area is 117 Å². The largest absolute Gasteiger partial charge is 0.381 e. The lowest BCUT2D eigenvalue weighted by molar-refractivity contribution is 0.639. The molecule has 0 atom stereocenters. The fourth-order valence-electron chi connectivity index (χ4n) is 1.77. The summed E-state index contributed by atoms with van der Waals surface area (Å²) in [6, 6.07) is 9.23. The van der Waals surface area contributed by atoms with Crippen molar-refractivity contribution in [2.75, 3.05) is 5.32 Å². The van der Waals surface area contributed by atoms with Gasteiger partial charge in [0.2, 0.25) is 0 Å². The van der Waals surface area contributed by atoms with Crippen LogP contribution in [0.25, 0.3) is 0 Å². The van der Waals surface area contributed by atoms with Gasteiger partial charge in [-0.25, -0.2) is 4.68 Å². The van der Waals surface area contributed by atoms with Crippen LogP contribution in [0.3, 0.4) is 0 Å². The van der Waals surface area contributed by atoms with Crippen molar-refractivity contribution in [2.45, 2.75) is 26.4 Å². The zero-order valence-electron chi connectivity index (χ0n) is 10.9. The van der Waals surface area contributed by atoms with E-state index in [1.54, 1.807) is 18.3 Å². The van der Waals surface area contributed by atoms with Crippen LogP contribution in [0.2, 0.25) is 5.02 Å². The van der Waals surface area contributed by atoms with Crippen molar-refractivity contribution in [1.29, 1.82) is 0 Å². The Morgan fingerprint density at radius 2 is 2.16 bits per heavy atom. The summed E-state index contributed by atoms with van der Waals surface area (Å²) in [6.07, 6.45) is 1.66. The Morgan fingerprint density at radius 1 is 1.37 bits per heavy atom. The number of aromatic nitrogens is 2. The molecule has 0 aliphatic heterocycles. The number of halogens is 1. The molecule has 0 aliphatic carbocycles. The SMILES string of the molecule is CC(C)Nc1cnn(Cc2cccc(Cl)c2)c(=O)c1. The van der Waals surface area contributed by atoms with Crippen molar-refractivity contribution in [2.24, 2.45) is 0 Å². The van der Waals surface area contributed by atoms with E-state index in [0.29, 0.717) is 11.6 Å². The molecule has 2 rings (SSSR count).